The number of hydrogen-bond donors (Lipinski definition) is 2. The van der Waals surface area contributed by atoms with Gasteiger partial charge in [0.2, 0.25) is 0 Å². The normalized spacial score (nSPS) is 10.2. The van der Waals surface area contributed by atoms with Crippen molar-refractivity contribution in [2.45, 2.75) is 6.92 Å². The van der Waals surface area contributed by atoms with Crippen LogP contribution in [0.4, 0.5) is 22.7 Å². The minimum absolute atomic E-state index is 0.0434. The van der Waals surface area contributed by atoms with Crippen LogP contribution in [0.25, 0.3) is 0 Å². The zero-order chi connectivity index (χ0) is 14.7. The molecule has 0 radical (unpaired) electrons. The summed E-state index contributed by atoms with van der Waals surface area (Å²) in [6.07, 6.45) is 0. The van der Waals surface area contributed by atoms with Crippen LogP contribution >= 0.6 is 0 Å². The van der Waals surface area contributed by atoms with Crippen molar-refractivity contribution in [1.29, 1.82) is 0 Å². The van der Waals surface area contributed by atoms with Gasteiger partial charge in [0.15, 0.2) is 0 Å². The van der Waals surface area contributed by atoms with E-state index in [1.54, 1.807) is 30.1 Å². The molecular formula is C14H16N4O2. The van der Waals surface area contributed by atoms with Crippen LogP contribution in [0.15, 0.2) is 42.5 Å². The summed E-state index contributed by atoms with van der Waals surface area (Å²) >= 11 is 0. The number of anilines is 3. The fraction of sp³-hybridized carbons (Fsp3) is 0.143. The number of nitrogen functional groups attached to an aromatic ring is 1. The Kier molecular flexibility index (Phi) is 3.86. The van der Waals surface area contributed by atoms with Crippen molar-refractivity contribution in [2.75, 3.05) is 17.4 Å². The molecule has 104 valence electrons. The largest absolute Gasteiger partial charge is 0.339 e. The topological polar surface area (TPSA) is 84.4 Å². The van der Waals surface area contributed by atoms with Gasteiger partial charge in [-0.3, -0.25) is 16.0 Å². The van der Waals surface area contributed by atoms with Crippen LogP contribution in [-0.2, 0) is 0 Å². The Balaban J connectivity index is 2.51. The zero-order valence-corrected chi connectivity index (χ0v) is 11.3. The number of nitro groups is 1. The van der Waals surface area contributed by atoms with Crippen molar-refractivity contribution in [3.8, 4) is 0 Å². The van der Waals surface area contributed by atoms with E-state index >= 15 is 0 Å². The third-order valence-corrected chi connectivity index (χ3v) is 3.14. The predicted octanol–water partition coefficient (Wildman–Crippen LogP) is 2.96. The van der Waals surface area contributed by atoms with Gasteiger partial charge in [-0.05, 0) is 31.2 Å². The van der Waals surface area contributed by atoms with Gasteiger partial charge in [-0.15, -0.1) is 0 Å². The fourth-order valence-corrected chi connectivity index (χ4v) is 2.02. The van der Waals surface area contributed by atoms with Crippen molar-refractivity contribution >= 4 is 22.7 Å². The maximum atomic E-state index is 11.3. The second-order valence-corrected chi connectivity index (χ2v) is 4.47. The number of rotatable bonds is 4. The molecule has 0 amide bonds. The van der Waals surface area contributed by atoms with Crippen LogP contribution in [0.3, 0.4) is 0 Å². The number of para-hydroxylation sites is 1. The van der Waals surface area contributed by atoms with E-state index in [0.717, 1.165) is 11.3 Å². The number of nitrogens with one attached hydrogen (secondary N) is 1. The maximum Gasteiger partial charge on any atom is 0.317 e. The van der Waals surface area contributed by atoms with Crippen molar-refractivity contribution in [3.63, 3.8) is 0 Å². The fourth-order valence-electron chi connectivity index (χ4n) is 2.02. The van der Waals surface area contributed by atoms with Crippen molar-refractivity contribution in [1.82, 2.24) is 0 Å². The summed E-state index contributed by atoms with van der Waals surface area (Å²) in [6.45, 7) is 1.99. The first-order valence-corrected chi connectivity index (χ1v) is 6.09. The molecule has 0 bridgehead atoms. The minimum Gasteiger partial charge on any atom is -0.339 e. The van der Waals surface area contributed by atoms with Gasteiger partial charge in [-0.1, -0.05) is 23.8 Å². The molecule has 0 heterocycles. The highest BCUT2D eigenvalue weighted by molar-refractivity contribution is 5.80. The highest BCUT2D eigenvalue weighted by Gasteiger charge is 2.22. The number of benzene rings is 2. The summed E-state index contributed by atoms with van der Waals surface area (Å²) in [5, 5.41) is 11.3. The predicted molar refractivity (Wildman–Crippen MR) is 80.1 cm³/mol. The first-order valence-electron chi connectivity index (χ1n) is 6.09. The third-order valence-electron chi connectivity index (χ3n) is 3.14. The quantitative estimate of drug-likeness (QED) is 0.508. The van der Waals surface area contributed by atoms with Crippen LogP contribution in [-0.4, -0.2) is 12.0 Å². The van der Waals surface area contributed by atoms with E-state index < -0.39 is 4.92 Å². The Hall–Kier alpha value is -2.60. The molecule has 0 aromatic heterocycles. The molecule has 6 heteroatoms. The molecule has 2 aromatic rings. The Labute approximate surface area is 116 Å². The first kappa shape index (κ1) is 13.8. The molecule has 0 aliphatic heterocycles. The second kappa shape index (κ2) is 5.58. The van der Waals surface area contributed by atoms with Crippen LogP contribution in [0, 0.1) is 17.0 Å². The maximum absolute atomic E-state index is 11.3. The van der Waals surface area contributed by atoms with Gasteiger partial charge in [0.05, 0.1) is 4.92 Å². The number of aryl methyl sites for hydroxylation is 1. The molecule has 0 fully saturated rings. The lowest BCUT2D eigenvalue weighted by molar-refractivity contribution is -0.383. The summed E-state index contributed by atoms with van der Waals surface area (Å²) in [5.41, 5.74) is 5.09. The van der Waals surface area contributed by atoms with Crippen molar-refractivity contribution in [2.24, 2.45) is 5.84 Å². The Bertz CT molecular complexity index is 626. The lowest BCUT2D eigenvalue weighted by Gasteiger charge is -2.20. The highest BCUT2D eigenvalue weighted by atomic mass is 16.6. The Morgan fingerprint density at radius 1 is 1.20 bits per heavy atom. The summed E-state index contributed by atoms with van der Waals surface area (Å²) in [6, 6.07) is 12.8. The van der Waals surface area contributed by atoms with E-state index in [0.29, 0.717) is 5.69 Å². The molecule has 0 unspecified atom stereocenters. The lowest BCUT2D eigenvalue weighted by atomic mass is 10.1. The van der Waals surface area contributed by atoms with Gasteiger partial charge in [-0.2, -0.15) is 0 Å². The minimum atomic E-state index is -0.435. The molecule has 20 heavy (non-hydrogen) atoms. The molecule has 0 saturated heterocycles. The van der Waals surface area contributed by atoms with E-state index in [1.807, 2.05) is 31.2 Å². The van der Waals surface area contributed by atoms with Crippen molar-refractivity contribution < 1.29 is 4.92 Å². The van der Waals surface area contributed by atoms with E-state index in [1.165, 1.54) is 0 Å². The van der Waals surface area contributed by atoms with Gasteiger partial charge in [0, 0.05) is 12.7 Å². The molecule has 2 aromatic carbocycles. The SMILES string of the molecule is Cc1ccc(N(C)c2cccc(NN)c2[N+](=O)[O-])cc1. The standard InChI is InChI=1S/C14H16N4O2/c1-10-6-8-11(9-7-10)17(2)13-5-3-4-12(16-15)14(13)18(19)20/h3-9,16H,15H2,1-2H3. The summed E-state index contributed by atoms with van der Waals surface area (Å²) in [4.78, 5) is 12.6. The van der Waals surface area contributed by atoms with Gasteiger partial charge in [-0.25, -0.2) is 0 Å². The second-order valence-electron chi connectivity index (χ2n) is 4.47. The molecule has 0 aliphatic carbocycles. The molecule has 0 saturated carbocycles. The summed E-state index contributed by atoms with van der Waals surface area (Å²) < 4.78 is 0. The van der Waals surface area contributed by atoms with E-state index in [9.17, 15) is 10.1 Å². The number of nitro benzene ring substituents is 1. The average molecular weight is 272 g/mol. The van der Waals surface area contributed by atoms with Crippen LogP contribution in [0.5, 0.6) is 0 Å². The van der Waals surface area contributed by atoms with E-state index in [4.69, 9.17) is 5.84 Å². The summed E-state index contributed by atoms with van der Waals surface area (Å²) in [5.74, 6) is 5.34. The third kappa shape index (κ3) is 2.55. The molecule has 2 rings (SSSR count). The van der Waals surface area contributed by atoms with Crippen LogP contribution in [0.2, 0.25) is 0 Å². The van der Waals surface area contributed by atoms with Gasteiger partial charge >= 0.3 is 5.69 Å². The zero-order valence-electron chi connectivity index (χ0n) is 11.3. The first-order chi connectivity index (χ1) is 9.54. The van der Waals surface area contributed by atoms with Crippen LogP contribution in [0.1, 0.15) is 5.56 Å². The van der Waals surface area contributed by atoms with Crippen LogP contribution < -0.4 is 16.2 Å². The molecule has 0 aliphatic rings. The number of nitrogens with zero attached hydrogens (tertiary/aromatic N) is 2. The van der Waals surface area contributed by atoms with E-state index in [-0.39, 0.29) is 11.4 Å². The molecule has 0 spiro atoms. The number of hydrazine groups is 1. The van der Waals surface area contributed by atoms with Gasteiger partial charge in [0.25, 0.3) is 0 Å². The molecule has 0 atom stereocenters. The Morgan fingerprint density at radius 3 is 2.40 bits per heavy atom. The smallest absolute Gasteiger partial charge is 0.317 e. The highest BCUT2D eigenvalue weighted by Crippen LogP contribution is 2.37. The monoisotopic (exact) mass is 272 g/mol. The van der Waals surface area contributed by atoms with Gasteiger partial charge < -0.3 is 10.3 Å². The number of hydrogen-bond acceptors (Lipinski definition) is 5. The lowest BCUT2D eigenvalue weighted by Crippen LogP contribution is -2.14. The van der Waals surface area contributed by atoms with E-state index in [2.05, 4.69) is 5.43 Å². The molecule has 3 N–H and O–H groups in total. The summed E-state index contributed by atoms with van der Waals surface area (Å²) in [7, 11) is 1.79. The molecular weight excluding hydrogens is 256 g/mol. The average Bonchev–Trinajstić information content (AvgIpc) is 2.46. The Morgan fingerprint density at radius 2 is 1.85 bits per heavy atom. The van der Waals surface area contributed by atoms with Gasteiger partial charge in [0.1, 0.15) is 11.4 Å². The number of nitrogens with two attached hydrogens (primary N) is 1. The van der Waals surface area contributed by atoms with Crippen molar-refractivity contribution in [3.05, 3.63) is 58.1 Å². The molecule has 6 nitrogen and oxygen atoms in total.